The van der Waals surface area contributed by atoms with Gasteiger partial charge in [0, 0.05) is 11.5 Å². The predicted octanol–water partition coefficient (Wildman–Crippen LogP) is 2.76. The first-order valence-electron chi connectivity index (χ1n) is 3.14. The summed E-state index contributed by atoms with van der Waals surface area (Å²) in [7, 11) is 0. The van der Waals surface area contributed by atoms with E-state index in [2.05, 4.69) is 26.0 Å². The minimum atomic E-state index is 0.434. The van der Waals surface area contributed by atoms with Crippen LogP contribution in [0.2, 0.25) is 0 Å². The van der Waals surface area contributed by atoms with Crippen molar-refractivity contribution in [1.29, 1.82) is 0 Å². The molecule has 2 heteroatoms. The quantitative estimate of drug-likeness (QED) is 0.500. The second kappa shape index (κ2) is 3.02. The number of thioether (sulfide) groups is 2. The molecule has 0 aromatic carbocycles. The fourth-order valence-corrected chi connectivity index (χ4v) is 2.68. The lowest BCUT2D eigenvalue weighted by atomic mass is 10.5. The zero-order valence-corrected chi connectivity index (χ0v) is 7.52. The zero-order chi connectivity index (χ0) is 6.74. The Bertz CT molecular complexity index is 104. The van der Waals surface area contributed by atoms with Crippen molar-refractivity contribution in [3.63, 3.8) is 0 Å². The van der Waals surface area contributed by atoms with Crippen LogP contribution in [0.25, 0.3) is 0 Å². The molecule has 0 N–H and O–H groups in total. The maximum atomic E-state index is 2.29. The molecule has 9 heavy (non-hydrogen) atoms. The van der Waals surface area contributed by atoms with E-state index in [1.165, 1.54) is 11.5 Å². The third kappa shape index (κ3) is 2.67. The van der Waals surface area contributed by atoms with Gasteiger partial charge in [0.2, 0.25) is 0 Å². The van der Waals surface area contributed by atoms with Gasteiger partial charge in [-0.2, -0.15) is 0 Å². The van der Waals surface area contributed by atoms with E-state index in [-0.39, 0.29) is 0 Å². The maximum Gasteiger partial charge on any atom is 0.0561 e. The Morgan fingerprint density at radius 3 is 2.00 bits per heavy atom. The molecule has 1 aliphatic rings. The lowest BCUT2D eigenvalue weighted by Crippen LogP contribution is -2.07. The fraction of sp³-hybridized carbons (Fsp3) is 0.714. The van der Waals surface area contributed by atoms with Gasteiger partial charge in [-0.15, -0.1) is 23.5 Å². The monoisotopic (exact) mass is 160 g/mol. The van der Waals surface area contributed by atoms with Crippen molar-refractivity contribution < 1.29 is 0 Å². The Hall–Kier alpha value is 0.440. The third-order valence-corrected chi connectivity index (χ3v) is 4.04. The molecular weight excluding hydrogens is 148 g/mol. The molecule has 0 aliphatic carbocycles. The average Bonchev–Trinajstić information content (AvgIpc) is 1.92. The van der Waals surface area contributed by atoms with E-state index in [0.717, 1.165) is 0 Å². The molecule has 0 unspecified atom stereocenters. The maximum absolute atomic E-state index is 2.29. The predicted molar refractivity (Wildman–Crippen MR) is 48.1 cm³/mol. The summed E-state index contributed by atoms with van der Waals surface area (Å²) in [6.45, 7) is 4.57. The summed E-state index contributed by atoms with van der Waals surface area (Å²) in [5, 5.41) is 0. The molecule has 0 saturated heterocycles. The van der Waals surface area contributed by atoms with Gasteiger partial charge in [-0.1, -0.05) is 12.2 Å². The number of hydrogen-bond acceptors (Lipinski definition) is 2. The van der Waals surface area contributed by atoms with Crippen molar-refractivity contribution in [2.45, 2.75) is 17.9 Å². The van der Waals surface area contributed by atoms with Crippen LogP contribution >= 0.6 is 23.5 Å². The number of hydrogen-bond donors (Lipinski definition) is 0. The van der Waals surface area contributed by atoms with E-state index in [0.29, 0.717) is 4.08 Å². The lowest BCUT2D eigenvalue weighted by Gasteiger charge is -2.19. The van der Waals surface area contributed by atoms with Crippen LogP contribution in [0, 0.1) is 0 Å². The van der Waals surface area contributed by atoms with E-state index < -0.39 is 0 Å². The first kappa shape index (κ1) is 7.55. The highest BCUT2D eigenvalue weighted by Crippen LogP contribution is 2.37. The van der Waals surface area contributed by atoms with Gasteiger partial charge in [0.25, 0.3) is 0 Å². The van der Waals surface area contributed by atoms with Crippen LogP contribution < -0.4 is 0 Å². The van der Waals surface area contributed by atoms with Gasteiger partial charge in [0.05, 0.1) is 4.08 Å². The molecule has 0 saturated carbocycles. The van der Waals surface area contributed by atoms with Gasteiger partial charge in [-0.25, -0.2) is 0 Å². The van der Waals surface area contributed by atoms with E-state index in [1.54, 1.807) is 0 Å². The highest BCUT2D eigenvalue weighted by atomic mass is 32.2. The molecule has 0 aromatic heterocycles. The first-order valence-corrected chi connectivity index (χ1v) is 5.11. The number of rotatable bonds is 0. The smallest absolute Gasteiger partial charge is 0.0561 e. The Kier molecular flexibility index (Phi) is 2.53. The highest BCUT2D eigenvalue weighted by molar-refractivity contribution is 8.18. The van der Waals surface area contributed by atoms with Gasteiger partial charge < -0.3 is 0 Å². The SMILES string of the molecule is CC1(C)SCC=CCS1. The van der Waals surface area contributed by atoms with Crippen LogP contribution in [-0.2, 0) is 0 Å². The fourth-order valence-electron chi connectivity index (χ4n) is 0.675. The second-order valence-electron chi connectivity index (χ2n) is 2.49. The van der Waals surface area contributed by atoms with Crippen LogP contribution in [0.5, 0.6) is 0 Å². The Balaban J connectivity index is 2.44. The third-order valence-electron chi connectivity index (χ3n) is 1.22. The lowest BCUT2D eigenvalue weighted by molar-refractivity contribution is 1.03. The van der Waals surface area contributed by atoms with Crippen molar-refractivity contribution in [1.82, 2.24) is 0 Å². The summed E-state index contributed by atoms with van der Waals surface area (Å²) in [6.07, 6.45) is 4.51. The largest absolute Gasteiger partial charge is 0.141 e. The van der Waals surface area contributed by atoms with Crippen LogP contribution in [0.3, 0.4) is 0 Å². The molecule has 1 aliphatic heterocycles. The van der Waals surface area contributed by atoms with E-state index in [4.69, 9.17) is 0 Å². The molecule has 0 bridgehead atoms. The van der Waals surface area contributed by atoms with Gasteiger partial charge in [-0.3, -0.25) is 0 Å². The molecule has 1 rings (SSSR count). The summed E-state index contributed by atoms with van der Waals surface area (Å²) in [6, 6.07) is 0. The second-order valence-corrected chi connectivity index (χ2v) is 6.04. The molecule has 0 spiro atoms. The average molecular weight is 160 g/mol. The van der Waals surface area contributed by atoms with Crippen LogP contribution in [0.1, 0.15) is 13.8 Å². The molecule has 0 fully saturated rings. The van der Waals surface area contributed by atoms with Gasteiger partial charge >= 0.3 is 0 Å². The molecule has 1 heterocycles. The summed E-state index contributed by atoms with van der Waals surface area (Å²) in [5.41, 5.74) is 0. The summed E-state index contributed by atoms with van der Waals surface area (Å²) in [4.78, 5) is 0. The summed E-state index contributed by atoms with van der Waals surface area (Å²) < 4.78 is 0.434. The van der Waals surface area contributed by atoms with Crippen LogP contribution in [0.4, 0.5) is 0 Å². The molecule has 0 nitrogen and oxygen atoms in total. The molecule has 0 aromatic rings. The Labute approximate surface area is 65.5 Å². The topological polar surface area (TPSA) is 0 Å². The van der Waals surface area contributed by atoms with E-state index in [9.17, 15) is 0 Å². The first-order chi connectivity index (χ1) is 4.21. The van der Waals surface area contributed by atoms with Crippen LogP contribution in [-0.4, -0.2) is 15.6 Å². The minimum Gasteiger partial charge on any atom is -0.141 e. The Morgan fingerprint density at radius 2 is 1.56 bits per heavy atom. The normalized spacial score (nSPS) is 25.6. The van der Waals surface area contributed by atoms with E-state index >= 15 is 0 Å². The summed E-state index contributed by atoms with van der Waals surface area (Å²) >= 11 is 4.03. The van der Waals surface area contributed by atoms with Crippen molar-refractivity contribution in [3.05, 3.63) is 12.2 Å². The molecule has 0 radical (unpaired) electrons. The van der Waals surface area contributed by atoms with Crippen LogP contribution in [0.15, 0.2) is 12.2 Å². The summed E-state index contributed by atoms with van der Waals surface area (Å²) in [5.74, 6) is 2.36. The molecule has 0 amide bonds. The molecule has 0 atom stereocenters. The zero-order valence-electron chi connectivity index (χ0n) is 5.89. The highest BCUT2D eigenvalue weighted by Gasteiger charge is 2.18. The van der Waals surface area contributed by atoms with E-state index in [1.807, 2.05) is 23.5 Å². The van der Waals surface area contributed by atoms with Gasteiger partial charge in [0.1, 0.15) is 0 Å². The van der Waals surface area contributed by atoms with Crippen molar-refractivity contribution in [3.8, 4) is 0 Å². The molecule has 52 valence electrons. The van der Waals surface area contributed by atoms with Crippen molar-refractivity contribution in [2.24, 2.45) is 0 Å². The molecular formula is C7H12S2. The Morgan fingerprint density at radius 1 is 1.11 bits per heavy atom. The van der Waals surface area contributed by atoms with Crippen molar-refractivity contribution in [2.75, 3.05) is 11.5 Å². The van der Waals surface area contributed by atoms with Crippen molar-refractivity contribution >= 4 is 23.5 Å². The van der Waals surface area contributed by atoms with Gasteiger partial charge in [-0.05, 0) is 13.8 Å². The van der Waals surface area contributed by atoms with Gasteiger partial charge in [0.15, 0.2) is 0 Å². The standard InChI is InChI=1S/C7H12S2/c1-7(2)8-5-3-4-6-9-7/h3-4H,5-6H2,1-2H3. The minimum absolute atomic E-state index is 0.434.